The van der Waals surface area contributed by atoms with Crippen LogP contribution in [0.15, 0.2) is 30.6 Å². The number of aromatic nitrogens is 2. The first kappa shape index (κ1) is 10.3. The minimum atomic E-state index is 0.203. The van der Waals surface area contributed by atoms with E-state index in [-0.39, 0.29) is 11.8 Å². The fraction of sp³-hybridized carbons (Fsp3) is 0.385. The SMILES string of the molecule is O=C(NCCn1cnc2ccccc21)C1CC1. The van der Waals surface area contributed by atoms with E-state index in [1.165, 1.54) is 0 Å². The second-order valence-electron chi connectivity index (χ2n) is 4.49. The molecule has 17 heavy (non-hydrogen) atoms. The number of hydrogen-bond donors (Lipinski definition) is 1. The molecule has 88 valence electrons. The molecule has 1 heterocycles. The molecule has 0 atom stereocenters. The first-order valence-corrected chi connectivity index (χ1v) is 6.02. The molecule has 0 radical (unpaired) electrons. The van der Waals surface area contributed by atoms with Gasteiger partial charge in [-0.1, -0.05) is 12.1 Å². The Morgan fingerprint density at radius 3 is 3.06 bits per heavy atom. The molecule has 1 aliphatic carbocycles. The number of hydrogen-bond acceptors (Lipinski definition) is 2. The summed E-state index contributed by atoms with van der Waals surface area (Å²) in [4.78, 5) is 15.8. The van der Waals surface area contributed by atoms with Gasteiger partial charge in [-0.2, -0.15) is 0 Å². The van der Waals surface area contributed by atoms with E-state index < -0.39 is 0 Å². The van der Waals surface area contributed by atoms with Gasteiger partial charge in [-0.3, -0.25) is 4.79 Å². The fourth-order valence-electron chi connectivity index (χ4n) is 1.98. The maximum Gasteiger partial charge on any atom is 0.223 e. The molecule has 1 fully saturated rings. The van der Waals surface area contributed by atoms with Crippen LogP contribution in [0.3, 0.4) is 0 Å². The number of benzene rings is 1. The smallest absolute Gasteiger partial charge is 0.223 e. The average Bonchev–Trinajstić information content (AvgIpc) is 3.12. The van der Waals surface area contributed by atoms with E-state index in [1.54, 1.807) is 0 Å². The van der Waals surface area contributed by atoms with Crippen molar-refractivity contribution in [3.8, 4) is 0 Å². The monoisotopic (exact) mass is 229 g/mol. The number of carbonyl (C=O) groups is 1. The summed E-state index contributed by atoms with van der Waals surface area (Å²) in [6, 6.07) is 8.03. The number of nitrogens with zero attached hydrogens (tertiary/aromatic N) is 2. The first-order valence-electron chi connectivity index (χ1n) is 6.02. The van der Waals surface area contributed by atoms with Crippen LogP contribution in [0.1, 0.15) is 12.8 Å². The molecule has 4 nitrogen and oxygen atoms in total. The number of rotatable bonds is 4. The number of nitrogens with one attached hydrogen (secondary N) is 1. The van der Waals surface area contributed by atoms with Crippen LogP contribution < -0.4 is 5.32 Å². The molecule has 1 N–H and O–H groups in total. The van der Waals surface area contributed by atoms with Gasteiger partial charge in [0.2, 0.25) is 5.91 Å². The lowest BCUT2D eigenvalue weighted by atomic mass is 10.3. The normalized spacial score (nSPS) is 15.1. The molecule has 1 saturated carbocycles. The highest BCUT2D eigenvalue weighted by atomic mass is 16.2. The van der Waals surface area contributed by atoms with Crippen LogP contribution in [-0.4, -0.2) is 22.0 Å². The van der Waals surface area contributed by atoms with Crippen molar-refractivity contribution in [3.63, 3.8) is 0 Å². The van der Waals surface area contributed by atoms with Crippen molar-refractivity contribution in [2.45, 2.75) is 19.4 Å². The number of imidazole rings is 1. The molecule has 4 heteroatoms. The van der Waals surface area contributed by atoms with Crippen molar-refractivity contribution in [3.05, 3.63) is 30.6 Å². The molecule has 0 saturated heterocycles. The van der Waals surface area contributed by atoms with E-state index in [0.717, 1.165) is 30.4 Å². The summed E-state index contributed by atoms with van der Waals surface area (Å²) >= 11 is 0. The molecule has 0 unspecified atom stereocenters. The lowest BCUT2D eigenvalue weighted by molar-refractivity contribution is -0.122. The molecule has 2 aromatic rings. The Labute approximate surface area is 99.6 Å². The average molecular weight is 229 g/mol. The number of para-hydroxylation sites is 2. The molecular formula is C13H15N3O. The third-order valence-electron chi connectivity index (χ3n) is 3.13. The van der Waals surface area contributed by atoms with Gasteiger partial charge < -0.3 is 9.88 Å². The highest BCUT2D eigenvalue weighted by Gasteiger charge is 2.28. The van der Waals surface area contributed by atoms with Crippen LogP contribution in [0.4, 0.5) is 0 Å². The van der Waals surface area contributed by atoms with Crippen molar-refractivity contribution in [1.29, 1.82) is 0 Å². The predicted octanol–water partition coefficient (Wildman–Crippen LogP) is 1.56. The lowest BCUT2D eigenvalue weighted by Gasteiger charge is -2.06. The second kappa shape index (κ2) is 4.20. The molecule has 3 rings (SSSR count). The van der Waals surface area contributed by atoms with Crippen LogP contribution in [0.25, 0.3) is 11.0 Å². The predicted molar refractivity (Wildman–Crippen MR) is 65.5 cm³/mol. The van der Waals surface area contributed by atoms with Gasteiger partial charge in [-0.15, -0.1) is 0 Å². The standard InChI is InChI=1S/C13H15N3O/c17-13(10-5-6-10)14-7-8-16-9-15-11-3-1-2-4-12(11)16/h1-4,9-10H,5-8H2,(H,14,17). The number of fused-ring (bicyclic) bond motifs is 1. The molecule has 1 amide bonds. The number of carbonyl (C=O) groups excluding carboxylic acids is 1. The van der Waals surface area contributed by atoms with Crippen molar-refractivity contribution in [1.82, 2.24) is 14.9 Å². The zero-order valence-corrected chi connectivity index (χ0v) is 9.60. The minimum Gasteiger partial charge on any atom is -0.354 e. The Hall–Kier alpha value is -1.84. The summed E-state index contributed by atoms with van der Waals surface area (Å²) in [5.41, 5.74) is 2.12. The quantitative estimate of drug-likeness (QED) is 0.865. The van der Waals surface area contributed by atoms with Gasteiger partial charge in [-0.05, 0) is 25.0 Å². The summed E-state index contributed by atoms with van der Waals surface area (Å²) in [5.74, 6) is 0.490. The topological polar surface area (TPSA) is 46.9 Å². The largest absolute Gasteiger partial charge is 0.354 e. The van der Waals surface area contributed by atoms with Gasteiger partial charge in [0.15, 0.2) is 0 Å². The Morgan fingerprint density at radius 2 is 2.24 bits per heavy atom. The van der Waals surface area contributed by atoms with E-state index in [1.807, 2.05) is 30.6 Å². The van der Waals surface area contributed by atoms with E-state index in [2.05, 4.69) is 14.9 Å². The maximum absolute atomic E-state index is 11.5. The first-order chi connectivity index (χ1) is 8.34. The summed E-state index contributed by atoms with van der Waals surface area (Å²) in [6.07, 6.45) is 3.94. The highest BCUT2D eigenvalue weighted by molar-refractivity contribution is 5.80. The molecule has 0 aliphatic heterocycles. The van der Waals surface area contributed by atoms with Crippen LogP contribution in [-0.2, 0) is 11.3 Å². The summed E-state index contributed by atoms with van der Waals surface area (Å²) in [5, 5.41) is 2.96. The molecular weight excluding hydrogens is 214 g/mol. The minimum absolute atomic E-state index is 0.203. The van der Waals surface area contributed by atoms with Crippen molar-refractivity contribution >= 4 is 16.9 Å². The van der Waals surface area contributed by atoms with Gasteiger partial charge in [0.1, 0.15) is 0 Å². The Bertz CT molecular complexity index is 542. The zero-order chi connectivity index (χ0) is 11.7. The van der Waals surface area contributed by atoms with E-state index in [4.69, 9.17) is 0 Å². The van der Waals surface area contributed by atoms with Gasteiger partial charge in [0.25, 0.3) is 0 Å². The van der Waals surface area contributed by atoms with Gasteiger partial charge in [0.05, 0.1) is 17.4 Å². The molecule has 1 aromatic heterocycles. The van der Waals surface area contributed by atoms with Crippen LogP contribution in [0, 0.1) is 5.92 Å². The van der Waals surface area contributed by atoms with Gasteiger partial charge in [-0.25, -0.2) is 4.98 Å². The van der Waals surface area contributed by atoms with Crippen LogP contribution >= 0.6 is 0 Å². The third-order valence-corrected chi connectivity index (χ3v) is 3.13. The van der Waals surface area contributed by atoms with Crippen molar-refractivity contribution in [2.24, 2.45) is 5.92 Å². The summed E-state index contributed by atoms with van der Waals surface area (Å²) < 4.78 is 2.07. The molecule has 0 bridgehead atoms. The van der Waals surface area contributed by atoms with E-state index in [9.17, 15) is 4.79 Å². The summed E-state index contributed by atoms with van der Waals surface area (Å²) in [6.45, 7) is 1.45. The molecule has 1 aliphatic rings. The van der Waals surface area contributed by atoms with Gasteiger partial charge in [0, 0.05) is 19.0 Å². The fourth-order valence-corrected chi connectivity index (χ4v) is 1.98. The Morgan fingerprint density at radius 1 is 1.41 bits per heavy atom. The van der Waals surface area contributed by atoms with Crippen molar-refractivity contribution in [2.75, 3.05) is 6.54 Å². The Balaban J connectivity index is 1.62. The van der Waals surface area contributed by atoms with Crippen LogP contribution in [0.2, 0.25) is 0 Å². The van der Waals surface area contributed by atoms with E-state index in [0.29, 0.717) is 6.54 Å². The maximum atomic E-state index is 11.5. The number of amides is 1. The Kier molecular flexibility index (Phi) is 2.55. The van der Waals surface area contributed by atoms with Gasteiger partial charge >= 0.3 is 0 Å². The van der Waals surface area contributed by atoms with E-state index >= 15 is 0 Å². The second-order valence-corrected chi connectivity index (χ2v) is 4.49. The third kappa shape index (κ3) is 2.16. The van der Waals surface area contributed by atoms with Crippen LogP contribution in [0.5, 0.6) is 0 Å². The molecule has 1 aromatic carbocycles. The highest BCUT2D eigenvalue weighted by Crippen LogP contribution is 2.28. The zero-order valence-electron chi connectivity index (χ0n) is 9.60. The molecule has 0 spiro atoms. The van der Waals surface area contributed by atoms with Crippen molar-refractivity contribution < 1.29 is 4.79 Å². The summed E-state index contributed by atoms with van der Waals surface area (Å²) in [7, 11) is 0. The lowest BCUT2D eigenvalue weighted by Crippen LogP contribution is -2.28.